The lowest BCUT2D eigenvalue weighted by Gasteiger charge is -2.37. The van der Waals surface area contributed by atoms with Crippen molar-refractivity contribution in [3.8, 4) is 0 Å². The van der Waals surface area contributed by atoms with Crippen LogP contribution < -0.4 is 4.90 Å². The van der Waals surface area contributed by atoms with Crippen molar-refractivity contribution in [1.29, 1.82) is 0 Å². The molecule has 1 amide bonds. The van der Waals surface area contributed by atoms with Gasteiger partial charge < -0.3 is 19.3 Å². The van der Waals surface area contributed by atoms with E-state index in [9.17, 15) is 9.59 Å². The monoisotopic (exact) mass is 334 g/mol. The molecule has 0 N–H and O–H groups in total. The molecular weight excluding hydrogens is 308 g/mol. The number of carbonyl (C=O) groups excluding carboxylic acids is 2. The van der Waals surface area contributed by atoms with Crippen molar-refractivity contribution in [2.45, 2.75) is 33.3 Å². The van der Waals surface area contributed by atoms with Crippen LogP contribution in [-0.4, -0.2) is 55.9 Å². The maximum Gasteiger partial charge on any atom is 0.410 e. The van der Waals surface area contributed by atoms with Crippen LogP contribution in [0.5, 0.6) is 0 Å². The van der Waals surface area contributed by atoms with E-state index in [2.05, 4.69) is 4.90 Å². The standard InChI is InChI=1S/C18H26N2O4/c1-13-10-14(16(21)23-5)12-15(11-13)19-6-8-20(9-7-19)17(22)24-18(2,3)4/h10-12H,6-9H2,1-5H3. The van der Waals surface area contributed by atoms with Crippen LogP contribution in [0.3, 0.4) is 0 Å². The maximum absolute atomic E-state index is 12.1. The van der Waals surface area contributed by atoms with E-state index >= 15 is 0 Å². The number of rotatable bonds is 2. The van der Waals surface area contributed by atoms with Crippen LogP contribution in [0.1, 0.15) is 36.7 Å². The van der Waals surface area contributed by atoms with E-state index in [1.54, 1.807) is 4.90 Å². The molecule has 0 aromatic heterocycles. The van der Waals surface area contributed by atoms with Crippen LogP contribution in [0, 0.1) is 6.92 Å². The molecule has 6 nitrogen and oxygen atoms in total. The van der Waals surface area contributed by atoms with Gasteiger partial charge >= 0.3 is 12.1 Å². The number of amides is 1. The Kier molecular flexibility index (Phi) is 5.36. The van der Waals surface area contributed by atoms with Gasteiger partial charge in [-0.1, -0.05) is 0 Å². The molecule has 0 saturated carbocycles. The van der Waals surface area contributed by atoms with Crippen molar-refractivity contribution in [1.82, 2.24) is 4.90 Å². The number of aryl methyl sites for hydroxylation is 1. The van der Waals surface area contributed by atoms with Gasteiger partial charge in [-0.15, -0.1) is 0 Å². The second-order valence-electron chi connectivity index (χ2n) is 7.00. The average molecular weight is 334 g/mol. The van der Waals surface area contributed by atoms with E-state index in [1.165, 1.54) is 7.11 Å². The van der Waals surface area contributed by atoms with Gasteiger partial charge in [-0.25, -0.2) is 9.59 Å². The smallest absolute Gasteiger partial charge is 0.410 e. The zero-order valence-electron chi connectivity index (χ0n) is 15.1. The summed E-state index contributed by atoms with van der Waals surface area (Å²) in [6.07, 6.45) is -0.276. The molecule has 1 heterocycles. The molecule has 2 rings (SSSR count). The molecule has 1 saturated heterocycles. The van der Waals surface area contributed by atoms with Gasteiger partial charge in [0.15, 0.2) is 0 Å². The van der Waals surface area contributed by atoms with Crippen LogP contribution in [0.2, 0.25) is 0 Å². The molecule has 0 spiro atoms. The first-order chi connectivity index (χ1) is 11.2. The quantitative estimate of drug-likeness (QED) is 0.779. The molecule has 0 unspecified atom stereocenters. The Bertz CT molecular complexity index is 614. The number of benzene rings is 1. The molecule has 24 heavy (non-hydrogen) atoms. The van der Waals surface area contributed by atoms with Gasteiger partial charge in [0, 0.05) is 31.9 Å². The van der Waals surface area contributed by atoms with E-state index in [-0.39, 0.29) is 12.1 Å². The molecule has 0 radical (unpaired) electrons. The highest BCUT2D eigenvalue weighted by atomic mass is 16.6. The number of methoxy groups -OCH3 is 1. The van der Waals surface area contributed by atoms with Gasteiger partial charge in [-0.05, 0) is 51.5 Å². The third-order valence-corrected chi connectivity index (χ3v) is 3.78. The summed E-state index contributed by atoms with van der Waals surface area (Å²) in [4.78, 5) is 27.8. The van der Waals surface area contributed by atoms with Crippen LogP contribution in [0.15, 0.2) is 18.2 Å². The van der Waals surface area contributed by atoms with Gasteiger partial charge in [0.25, 0.3) is 0 Å². The number of carbonyl (C=O) groups is 2. The molecule has 132 valence electrons. The summed E-state index contributed by atoms with van der Waals surface area (Å²) in [6.45, 7) is 10.1. The van der Waals surface area contributed by atoms with Crippen molar-refractivity contribution < 1.29 is 19.1 Å². The molecule has 1 aromatic rings. The molecule has 0 aliphatic carbocycles. The first-order valence-electron chi connectivity index (χ1n) is 8.12. The van der Waals surface area contributed by atoms with Crippen molar-refractivity contribution >= 4 is 17.7 Å². The molecule has 1 aromatic carbocycles. The molecule has 1 aliphatic heterocycles. The fraction of sp³-hybridized carbons (Fsp3) is 0.556. The topological polar surface area (TPSA) is 59.1 Å². The van der Waals surface area contributed by atoms with Crippen LogP contribution >= 0.6 is 0 Å². The third-order valence-electron chi connectivity index (χ3n) is 3.78. The first kappa shape index (κ1) is 18.1. The van der Waals surface area contributed by atoms with Crippen LogP contribution in [0.4, 0.5) is 10.5 Å². The predicted molar refractivity (Wildman–Crippen MR) is 92.5 cm³/mol. The molecule has 0 bridgehead atoms. The van der Waals surface area contributed by atoms with Gasteiger partial charge in [-0.3, -0.25) is 0 Å². The number of hydrogen-bond acceptors (Lipinski definition) is 5. The highest BCUT2D eigenvalue weighted by molar-refractivity contribution is 5.90. The fourth-order valence-electron chi connectivity index (χ4n) is 2.65. The van der Waals surface area contributed by atoms with E-state index in [1.807, 2.05) is 45.9 Å². The predicted octanol–water partition coefficient (Wildman–Crippen LogP) is 2.84. The van der Waals surface area contributed by atoms with E-state index in [4.69, 9.17) is 9.47 Å². The van der Waals surface area contributed by atoms with Crippen molar-refractivity contribution in [2.75, 3.05) is 38.2 Å². The Balaban J connectivity index is 2.03. The number of piperazine rings is 1. The van der Waals surface area contributed by atoms with E-state index in [0.29, 0.717) is 31.7 Å². The largest absolute Gasteiger partial charge is 0.465 e. The van der Waals surface area contributed by atoms with Crippen molar-refractivity contribution in [2.24, 2.45) is 0 Å². The minimum absolute atomic E-state index is 0.276. The lowest BCUT2D eigenvalue weighted by atomic mass is 10.1. The number of hydrogen-bond donors (Lipinski definition) is 0. The van der Waals surface area contributed by atoms with Gasteiger partial charge in [-0.2, -0.15) is 0 Å². The Morgan fingerprint density at radius 1 is 1.04 bits per heavy atom. The van der Waals surface area contributed by atoms with Crippen molar-refractivity contribution in [3.05, 3.63) is 29.3 Å². The average Bonchev–Trinajstić information content (AvgIpc) is 2.52. The Hall–Kier alpha value is -2.24. The zero-order valence-corrected chi connectivity index (χ0v) is 15.1. The van der Waals surface area contributed by atoms with Gasteiger partial charge in [0.1, 0.15) is 5.60 Å². The molecule has 6 heteroatoms. The first-order valence-corrected chi connectivity index (χ1v) is 8.12. The minimum atomic E-state index is -0.486. The normalized spacial score (nSPS) is 15.2. The summed E-state index contributed by atoms with van der Waals surface area (Å²) >= 11 is 0. The summed E-state index contributed by atoms with van der Waals surface area (Å²) in [7, 11) is 1.38. The second-order valence-corrected chi connectivity index (χ2v) is 7.00. The zero-order chi connectivity index (χ0) is 17.9. The SMILES string of the molecule is COC(=O)c1cc(C)cc(N2CCN(C(=O)OC(C)(C)C)CC2)c1. The van der Waals surface area contributed by atoms with Crippen LogP contribution in [-0.2, 0) is 9.47 Å². The number of anilines is 1. The Morgan fingerprint density at radius 2 is 1.67 bits per heavy atom. The molecule has 0 atom stereocenters. The van der Waals surface area contributed by atoms with Gasteiger partial charge in [0.05, 0.1) is 12.7 Å². The van der Waals surface area contributed by atoms with Crippen molar-refractivity contribution in [3.63, 3.8) is 0 Å². The summed E-state index contributed by atoms with van der Waals surface area (Å²) in [6, 6.07) is 5.68. The number of nitrogens with zero attached hydrogens (tertiary/aromatic N) is 2. The molecular formula is C18H26N2O4. The second kappa shape index (κ2) is 7.11. The Morgan fingerprint density at radius 3 is 2.21 bits per heavy atom. The fourth-order valence-corrected chi connectivity index (χ4v) is 2.65. The molecule has 1 fully saturated rings. The number of esters is 1. The summed E-state index contributed by atoms with van der Waals surface area (Å²) < 4.78 is 10.2. The highest BCUT2D eigenvalue weighted by Crippen LogP contribution is 2.22. The summed E-state index contributed by atoms with van der Waals surface area (Å²) in [5.74, 6) is -0.340. The number of ether oxygens (including phenoxy) is 2. The lowest BCUT2D eigenvalue weighted by Crippen LogP contribution is -2.50. The Labute approximate surface area is 143 Å². The van der Waals surface area contributed by atoms with E-state index in [0.717, 1.165) is 11.3 Å². The van der Waals surface area contributed by atoms with E-state index < -0.39 is 5.60 Å². The lowest BCUT2D eigenvalue weighted by molar-refractivity contribution is 0.0240. The third kappa shape index (κ3) is 4.63. The maximum atomic E-state index is 12.1. The molecule has 1 aliphatic rings. The van der Waals surface area contributed by atoms with Gasteiger partial charge in [0.2, 0.25) is 0 Å². The summed E-state index contributed by atoms with van der Waals surface area (Å²) in [5, 5.41) is 0. The minimum Gasteiger partial charge on any atom is -0.465 e. The van der Waals surface area contributed by atoms with Crippen LogP contribution in [0.25, 0.3) is 0 Å². The summed E-state index contributed by atoms with van der Waals surface area (Å²) in [5.41, 5.74) is 2.03. The highest BCUT2D eigenvalue weighted by Gasteiger charge is 2.26.